The number of piperidine rings is 1. The van der Waals surface area contributed by atoms with Crippen LogP contribution in [-0.4, -0.2) is 42.5 Å². The highest BCUT2D eigenvalue weighted by Gasteiger charge is 2.39. The third kappa shape index (κ3) is 4.93. The molecule has 2 heterocycles. The number of ether oxygens (including phenoxy) is 1. The highest BCUT2D eigenvalue weighted by Crippen LogP contribution is 2.29. The minimum absolute atomic E-state index is 0. The molecule has 154 valence electrons. The molecule has 7 heteroatoms. The molecule has 0 spiro atoms. The lowest BCUT2D eigenvalue weighted by atomic mass is 9.78. The normalized spacial score (nSPS) is 15.7. The number of nitrogens with one attached hydrogen (secondary N) is 2. The van der Waals surface area contributed by atoms with Gasteiger partial charge >= 0.3 is 0 Å². The van der Waals surface area contributed by atoms with Crippen LogP contribution in [0, 0.1) is 19.3 Å². The molecule has 1 saturated heterocycles. The van der Waals surface area contributed by atoms with E-state index < -0.39 is 5.41 Å². The van der Waals surface area contributed by atoms with Crippen LogP contribution in [0.3, 0.4) is 0 Å². The van der Waals surface area contributed by atoms with Crippen molar-refractivity contribution in [2.24, 2.45) is 5.41 Å². The second-order valence-corrected chi connectivity index (χ2v) is 7.44. The van der Waals surface area contributed by atoms with Gasteiger partial charge in [-0.1, -0.05) is 30.3 Å². The van der Waals surface area contributed by atoms with Gasteiger partial charge in [0.05, 0.1) is 24.3 Å². The average Bonchev–Trinajstić information content (AvgIpc) is 2.94. The summed E-state index contributed by atoms with van der Waals surface area (Å²) in [6.07, 6.45) is 1.61. The van der Waals surface area contributed by atoms with Gasteiger partial charge in [-0.25, -0.2) is 0 Å². The Bertz CT molecular complexity index is 765. The molecule has 0 aliphatic carbocycles. The molecule has 2 N–H and O–H groups in total. The number of halogens is 1. The van der Waals surface area contributed by atoms with Crippen molar-refractivity contribution in [1.29, 1.82) is 0 Å². The molecule has 0 radical (unpaired) electrons. The van der Waals surface area contributed by atoms with Gasteiger partial charge in [-0.3, -0.25) is 9.48 Å². The third-order valence-electron chi connectivity index (χ3n) is 5.60. The minimum Gasteiger partial charge on any atom is -0.384 e. The van der Waals surface area contributed by atoms with Gasteiger partial charge in [-0.15, -0.1) is 12.4 Å². The third-order valence-corrected chi connectivity index (χ3v) is 5.60. The van der Waals surface area contributed by atoms with Crippen LogP contribution < -0.4 is 10.6 Å². The Labute approximate surface area is 173 Å². The fourth-order valence-corrected chi connectivity index (χ4v) is 3.87. The highest BCUT2D eigenvalue weighted by molar-refractivity contribution is 5.85. The smallest absolute Gasteiger partial charge is 0.228 e. The van der Waals surface area contributed by atoms with Gasteiger partial charge in [-0.2, -0.15) is 5.10 Å². The quantitative estimate of drug-likeness (QED) is 0.741. The van der Waals surface area contributed by atoms with E-state index in [2.05, 4.69) is 34.8 Å². The van der Waals surface area contributed by atoms with Crippen molar-refractivity contribution in [3.8, 4) is 0 Å². The Kier molecular flexibility index (Phi) is 8.04. The molecule has 1 amide bonds. The zero-order chi connectivity index (χ0) is 19.3. The molecular formula is C21H31ClN4O2. The van der Waals surface area contributed by atoms with Crippen LogP contribution in [0.1, 0.15) is 35.4 Å². The number of carbonyl (C=O) groups excluding carboxylic acids is 1. The van der Waals surface area contributed by atoms with Crippen molar-refractivity contribution < 1.29 is 9.53 Å². The lowest BCUT2D eigenvalue weighted by Crippen LogP contribution is -2.50. The molecule has 6 nitrogen and oxygen atoms in total. The number of aromatic nitrogens is 2. The summed E-state index contributed by atoms with van der Waals surface area (Å²) in [6, 6.07) is 10.3. The predicted octanol–water partition coefficient (Wildman–Crippen LogP) is 2.60. The van der Waals surface area contributed by atoms with E-state index in [1.807, 2.05) is 29.8 Å². The maximum Gasteiger partial charge on any atom is 0.228 e. The van der Waals surface area contributed by atoms with Crippen LogP contribution in [0.15, 0.2) is 30.3 Å². The second-order valence-electron chi connectivity index (χ2n) is 7.44. The molecule has 0 atom stereocenters. The number of aryl methyl sites for hydroxylation is 1. The molecule has 1 aromatic heterocycles. The Hall–Kier alpha value is -1.89. The van der Waals surface area contributed by atoms with Gasteiger partial charge in [-0.05, 0) is 45.3 Å². The number of methoxy groups -OCH3 is 1. The van der Waals surface area contributed by atoms with Crippen LogP contribution >= 0.6 is 12.4 Å². The molecule has 3 rings (SSSR count). The van der Waals surface area contributed by atoms with Crippen molar-refractivity contribution in [3.05, 3.63) is 52.8 Å². The van der Waals surface area contributed by atoms with Crippen LogP contribution in [0.2, 0.25) is 0 Å². The van der Waals surface area contributed by atoms with E-state index in [4.69, 9.17) is 4.74 Å². The fraction of sp³-hybridized carbons (Fsp3) is 0.524. The van der Waals surface area contributed by atoms with Crippen molar-refractivity contribution in [1.82, 2.24) is 20.4 Å². The second kappa shape index (κ2) is 10.0. The fourth-order valence-electron chi connectivity index (χ4n) is 3.87. The van der Waals surface area contributed by atoms with E-state index in [0.717, 1.165) is 49.4 Å². The van der Waals surface area contributed by atoms with Crippen LogP contribution in [0.25, 0.3) is 0 Å². The average molecular weight is 407 g/mol. The highest BCUT2D eigenvalue weighted by atomic mass is 35.5. The first-order valence-corrected chi connectivity index (χ1v) is 9.60. The first-order valence-electron chi connectivity index (χ1n) is 9.60. The van der Waals surface area contributed by atoms with Gasteiger partial charge in [0.25, 0.3) is 0 Å². The topological polar surface area (TPSA) is 68.2 Å². The molecule has 0 bridgehead atoms. The summed E-state index contributed by atoms with van der Waals surface area (Å²) < 4.78 is 7.39. The van der Waals surface area contributed by atoms with Crippen molar-refractivity contribution in [2.75, 3.05) is 26.8 Å². The van der Waals surface area contributed by atoms with Gasteiger partial charge < -0.3 is 15.4 Å². The molecule has 0 saturated carbocycles. The Morgan fingerprint density at radius 1 is 1.25 bits per heavy atom. The number of amides is 1. The van der Waals surface area contributed by atoms with Gasteiger partial charge in [0, 0.05) is 24.9 Å². The minimum atomic E-state index is -0.429. The van der Waals surface area contributed by atoms with E-state index in [1.54, 1.807) is 7.11 Å². The molecule has 1 aromatic carbocycles. The van der Waals surface area contributed by atoms with E-state index in [1.165, 1.54) is 5.56 Å². The first-order chi connectivity index (χ1) is 13.1. The van der Waals surface area contributed by atoms with Crippen LogP contribution in [0.4, 0.5) is 0 Å². The first kappa shape index (κ1) is 22.4. The monoisotopic (exact) mass is 406 g/mol. The van der Waals surface area contributed by atoms with Crippen molar-refractivity contribution in [2.45, 2.75) is 39.8 Å². The molecule has 1 aliphatic heterocycles. The number of hydrogen-bond donors (Lipinski definition) is 2. The van der Waals surface area contributed by atoms with E-state index >= 15 is 0 Å². The lowest BCUT2D eigenvalue weighted by molar-refractivity contribution is -0.136. The molecule has 2 aromatic rings. The number of benzene rings is 1. The Balaban J connectivity index is 0.00000280. The van der Waals surface area contributed by atoms with Crippen molar-refractivity contribution in [3.63, 3.8) is 0 Å². The zero-order valence-corrected chi connectivity index (χ0v) is 17.8. The summed E-state index contributed by atoms with van der Waals surface area (Å²) in [6.45, 7) is 7.48. The maximum atomic E-state index is 13.0. The SMILES string of the molecule is COCC1(C(=O)NCc2c(C)nn(Cc3ccccc3)c2C)CCNCC1.Cl. The maximum absolute atomic E-state index is 13.0. The van der Waals surface area contributed by atoms with E-state index in [-0.39, 0.29) is 18.3 Å². The summed E-state index contributed by atoms with van der Waals surface area (Å²) in [5.74, 6) is 0.0838. The summed E-state index contributed by atoms with van der Waals surface area (Å²) in [5.41, 5.74) is 3.95. The summed E-state index contributed by atoms with van der Waals surface area (Å²) in [7, 11) is 1.67. The molecule has 1 aliphatic rings. The Morgan fingerprint density at radius 2 is 1.93 bits per heavy atom. The zero-order valence-electron chi connectivity index (χ0n) is 17.0. The standard InChI is InChI=1S/C21H30N4O2.ClH/c1-16-19(17(2)25(24-16)14-18-7-5-4-6-8-18)13-23-20(26)21(15-27-3)9-11-22-12-10-21;/h4-8,22H,9-15H2,1-3H3,(H,23,26);1H. The number of hydrogen-bond acceptors (Lipinski definition) is 4. The van der Waals surface area contributed by atoms with Gasteiger partial charge in [0.2, 0.25) is 5.91 Å². The Morgan fingerprint density at radius 3 is 2.57 bits per heavy atom. The lowest BCUT2D eigenvalue weighted by Gasteiger charge is -2.35. The summed E-state index contributed by atoms with van der Waals surface area (Å²) in [4.78, 5) is 13.0. The summed E-state index contributed by atoms with van der Waals surface area (Å²) >= 11 is 0. The predicted molar refractivity (Wildman–Crippen MR) is 113 cm³/mol. The van der Waals surface area contributed by atoms with E-state index in [9.17, 15) is 4.79 Å². The van der Waals surface area contributed by atoms with Crippen molar-refractivity contribution >= 4 is 18.3 Å². The van der Waals surface area contributed by atoms with E-state index in [0.29, 0.717) is 13.2 Å². The number of carbonyl (C=O) groups is 1. The van der Waals surface area contributed by atoms with Crippen LogP contribution in [-0.2, 0) is 22.6 Å². The summed E-state index contributed by atoms with van der Waals surface area (Å²) in [5, 5.41) is 11.2. The molecule has 0 unspecified atom stereocenters. The number of nitrogens with zero attached hydrogens (tertiary/aromatic N) is 2. The molecular weight excluding hydrogens is 376 g/mol. The van der Waals surface area contributed by atoms with Gasteiger partial charge in [0.15, 0.2) is 0 Å². The molecule has 1 fully saturated rings. The van der Waals surface area contributed by atoms with Gasteiger partial charge in [0.1, 0.15) is 0 Å². The molecule has 28 heavy (non-hydrogen) atoms. The van der Waals surface area contributed by atoms with Crippen LogP contribution in [0.5, 0.6) is 0 Å². The number of rotatable bonds is 7. The largest absolute Gasteiger partial charge is 0.384 e.